The normalized spacial score (nSPS) is 13.2. The Labute approximate surface area is 158 Å². The summed E-state index contributed by atoms with van der Waals surface area (Å²) < 4.78 is 16.7. The lowest BCUT2D eigenvalue weighted by Gasteiger charge is -2.28. The molecule has 26 heavy (non-hydrogen) atoms. The third-order valence-electron chi connectivity index (χ3n) is 4.18. The van der Waals surface area contributed by atoms with E-state index in [1.54, 1.807) is 0 Å². The van der Waals surface area contributed by atoms with E-state index >= 15 is 0 Å². The van der Waals surface area contributed by atoms with Crippen molar-refractivity contribution in [3.05, 3.63) is 24.3 Å². The van der Waals surface area contributed by atoms with Gasteiger partial charge in [0.2, 0.25) is 0 Å². The Kier molecular flexibility index (Phi) is 11.0. The highest BCUT2D eigenvalue weighted by Crippen LogP contribution is 2.23. The minimum atomic E-state index is -0.794. The van der Waals surface area contributed by atoms with Gasteiger partial charge in [-0.2, -0.15) is 0 Å². The van der Waals surface area contributed by atoms with Crippen molar-refractivity contribution in [1.29, 1.82) is 0 Å². The van der Waals surface area contributed by atoms with Crippen molar-refractivity contribution in [1.82, 2.24) is 0 Å². The van der Waals surface area contributed by atoms with Gasteiger partial charge in [0.1, 0.15) is 18.0 Å². The molecule has 0 radical (unpaired) electrons. The molecule has 1 atom stereocenters. The number of unbranched alkanes of at least 4 members (excludes halogenated alkanes) is 2. The summed E-state index contributed by atoms with van der Waals surface area (Å²) in [6, 6.07) is 7.39. The topological polar surface area (TPSA) is 56.8 Å². The van der Waals surface area contributed by atoms with Crippen LogP contribution in [0.4, 0.5) is 5.69 Å². The number of nitrogens with one attached hydrogen (secondary N) is 1. The number of carbonyl (C=O) groups excluding carboxylic acids is 1. The van der Waals surface area contributed by atoms with Gasteiger partial charge in [-0.3, -0.25) is 4.79 Å². The number of anilines is 1. The molecule has 1 rings (SSSR count). The molecule has 0 bridgehead atoms. The molecule has 0 saturated heterocycles. The lowest BCUT2D eigenvalue weighted by molar-refractivity contribution is -0.140. The van der Waals surface area contributed by atoms with E-state index in [0.717, 1.165) is 43.5 Å². The Morgan fingerprint density at radius 2 is 1.73 bits per heavy atom. The van der Waals surface area contributed by atoms with Gasteiger partial charge in [0.25, 0.3) is 5.91 Å². The molecule has 0 unspecified atom stereocenters. The number of hydrogen-bond donors (Lipinski definition) is 1. The van der Waals surface area contributed by atoms with E-state index in [9.17, 15) is 4.79 Å². The van der Waals surface area contributed by atoms with Crippen molar-refractivity contribution in [3.8, 4) is 5.75 Å². The van der Waals surface area contributed by atoms with Crippen LogP contribution in [0.3, 0.4) is 0 Å². The third kappa shape index (κ3) is 8.19. The number of rotatable bonds is 14. The molecule has 0 saturated carbocycles. The number of ether oxygens (including phenoxy) is 3. The lowest BCUT2D eigenvalue weighted by atomic mass is 9.96. The van der Waals surface area contributed by atoms with Crippen LogP contribution in [-0.2, 0) is 14.3 Å². The largest absolute Gasteiger partial charge is 0.491 e. The van der Waals surface area contributed by atoms with Gasteiger partial charge < -0.3 is 19.5 Å². The maximum Gasteiger partial charge on any atom is 0.256 e. The van der Waals surface area contributed by atoms with Gasteiger partial charge in [0, 0.05) is 18.9 Å². The van der Waals surface area contributed by atoms with Gasteiger partial charge in [-0.25, -0.2) is 0 Å². The van der Waals surface area contributed by atoms with Crippen LogP contribution in [-0.4, -0.2) is 37.9 Å². The van der Waals surface area contributed by atoms with E-state index in [1.807, 2.05) is 38.1 Å². The molecule has 1 aromatic rings. The van der Waals surface area contributed by atoms with Gasteiger partial charge in [0.15, 0.2) is 0 Å². The summed E-state index contributed by atoms with van der Waals surface area (Å²) >= 11 is 0. The molecule has 0 aliphatic rings. The van der Waals surface area contributed by atoms with E-state index in [4.69, 9.17) is 14.2 Å². The van der Waals surface area contributed by atoms with Crippen molar-refractivity contribution in [2.75, 3.05) is 31.7 Å². The Morgan fingerprint density at radius 1 is 1.00 bits per heavy atom. The minimum Gasteiger partial charge on any atom is -0.491 e. The standard InChI is InChI=1S/C21H35NO4/c1-5-8-9-14-21(4,26-15-6-2)20(23)22-18-10-12-19(13-11-18)25-17-16-24-7-3/h10-13H,5-9,14-17H2,1-4H3,(H,22,23)/t21-/m0/s1. The minimum absolute atomic E-state index is 0.0907. The second-order valence-corrected chi connectivity index (χ2v) is 6.56. The third-order valence-corrected chi connectivity index (χ3v) is 4.18. The summed E-state index contributed by atoms with van der Waals surface area (Å²) in [5.41, 5.74) is -0.0494. The number of benzene rings is 1. The molecule has 1 N–H and O–H groups in total. The number of hydrogen-bond acceptors (Lipinski definition) is 4. The fourth-order valence-electron chi connectivity index (χ4n) is 2.55. The van der Waals surface area contributed by atoms with E-state index in [0.29, 0.717) is 26.4 Å². The van der Waals surface area contributed by atoms with E-state index in [-0.39, 0.29) is 5.91 Å². The predicted octanol–water partition coefficient (Wildman–Crippen LogP) is 4.81. The van der Waals surface area contributed by atoms with Crippen molar-refractivity contribution >= 4 is 11.6 Å². The Bertz CT molecular complexity index is 503. The summed E-state index contributed by atoms with van der Waals surface area (Å²) in [5, 5.41) is 2.98. The zero-order chi connectivity index (χ0) is 19.3. The fourth-order valence-corrected chi connectivity index (χ4v) is 2.55. The molecule has 0 spiro atoms. The second kappa shape index (κ2) is 12.7. The fraction of sp³-hybridized carbons (Fsp3) is 0.667. The Morgan fingerprint density at radius 3 is 2.35 bits per heavy atom. The monoisotopic (exact) mass is 365 g/mol. The number of carbonyl (C=O) groups is 1. The Balaban J connectivity index is 2.60. The summed E-state index contributed by atoms with van der Waals surface area (Å²) in [4.78, 5) is 12.8. The van der Waals surface area contributed by atoms with Gasteiger partial charge in [-0.15, -0.1) is 0 Å². The zero-order valence-corrected chi connectivity index (χ0v) is 16.8. The van der Waals surface area contributed by atoms with Crippen molar-refractivity contribution in [2.45, 2.75) is 65.4 Å². The van der Waals surface area contributed by atoms with Gasteiger partial charge in [-0.1, -0.05) is 33.1 Å². The first-order valence-electron chi connectivity index (χ1n) is 9.81. The van der Waals surface area contributed by atoms with Gasteiger partial charge >= 0.3 is 0 Å². The first kappa shape index (κ1) is 22.5. The van der Waals surface area contributed by atoms with Crippen molar-refractivity contribution in [2.24, 2.45) is 0 Å². The van der Waals surface area contributed by atoms with E-state index in [2.05, 4.69) is 19.2 Å². The van der Waals surface area contributed by atoms with Gasteiger partial charge in [-0.05, 0) is 51.0 Å². The molecule has 0 fully saturated rings. The maximum atomic E-state index is 12.8. The molecule has 0 heterocycles. The van der Waals surface area contributed by atoms with E-state index < -0.39 is 5.60 Å². The van der Waals surface area contributed by atoms with Crippen molar-refractivity contribution in [3.63, 3.8) is 0 Å². The van der Waals surface area contributed by atoms with Crippen LogP contribution in [0.15, 0.2) is 24.3 Å². The highest BCUT2D eigenvalue weighted by Gasteiger charge is 2.33. The van der Waals surface area contributed by atoms with Crippen LogP contribution in [0.2, 0.25) is 0 Å². The lowest BCUT2D eigenvalue weighted by Crippen LogP contribution is -2.43. The Hall–Kier alpha value is -1.59. The molecule has 148 valence electrons. The van der Waals surface area contributed by atoms with Crippen LogP contribution in [0.5, 0.6) is 5.75 Å². The molecular formula is C21H35NO4. The highest BCUT2D eigenvalue weighted by molar-refractivity contribution is 5.97. The first-order chi connectivity index (χ1) is 12.6. The van der Waals surface area contributed by atoms with Crippen LogP contribution in [0.25, 0.3) is 0 Å². The van der Waals surface area contributed by atoms with Crippen LogP contribution in [0.1, 0.15) is 59.8 Å². The van der Waals surface area contributed by atoms with Crippen LogP contribution >= 0.6 is 0 Å². The van der Waals surface area contributed by atoms with Crippen molar-refractivity contribution < 1.29 is 19.0 Å². The number of amides is 1. The summed E-state index contributed by atoms with van der Waals surface area (Å²) in [5.74, 6) is 0.669. The SMILES string of the molecule is CCCCC[C@](C)(OCCC)C(=O)Nc1ccc(OCCOCC)cc1. The predicted molar refractivity (Wildman–Crippen MR) is 106 cm³/mol. The average Bonchev–Trinajstić information content (AvgIpc) is 2.65. The molecule has 0 aliphatic heterocycles. The summed E-state index contributed by atoms with van der Waals surface area (Å²) in [7, 11) is 0. The van der Waals surface area contributed by atoms with Crippen LogP contribution < -0.4 is 10.1 Å². The molecule has 5 heteroatoms. The molecular weight excluding hydrogens is 330 g/mol. The van der Waals surface area contributed by atoms with Gasteiger partial charge in [0.05, 0.1) is 6.61 Å². The van der Waals surface area contributed by atoms with E-state index in [1.165, 1.54) is 0 Å². The summed E-state index contributed by atoms with van der Waals surface area (Å²) in [6.45, 7) is 10.4. The molecule has 0 aliphatic carbocycles. The summed E-state index contributed by atoms with van der Waals surface area (Å²) in [6.07, 6.45) is 4.83. The first-order valence-corrected chi connectivity index (χ1v) is 9.81. The molecule has 5 nitrogen and oxygen atoms in total. The quantitative estimate of drug-likeness (QED) is 0.481. The highest BCUT2D eigenvalue weighted by atomic mass is 16.5. The zero-order valence-electron chi connectivity index (χ0n) is 16.8. The average molecular weight is 366 g/mol. The second-order valence-electron chi connectivity index (χ2n) is 6.56. The maximum absolute atomic E-state index is 12.8. The molecule has 0 aromatic heterocycles. The molecule has 1 amide bonds. The smallest absolute Gasteiger partial charge is 0.256 e. The van der Waals surface area contributed by atoms with Crippen LogP contribution in [0, 0.1) is 0 Å². The molecule has 1 aromatic carbocycles.